The van der Waals surface area contributed by atoms with Crippen LogP contribution in [-0.2, 0) is 24.8 Å². The zero-order valence-electron chi connectivity index (χ0n) is 11.8. The minimum absolute atomic E-state index is 0.189. The summed E-state index contributed by atoms with van der Waals surface area (Å²) < 4.78 is 6.36. The number of carbonyl (C=O) groups excluding carboxylic acids is 1. The van der Waals surface area contributed by atoms with Gasteiger partial charge in [-0.2, -0.15) is 5.10 Å². The van der Waals surface area contributed by atoms with E-state index >= 15 is 0 Å². The highest BCUT2D eigenvalue weighted by atomic mass is 16.5. The average molecular weight is 275 g/mol. The van der Waals surface area contributed by atoms with Gasteiger partial charge in [-0.05, 0) is 6.42 Å². The fraction of sp³-hybridized carbons (Fsp3) is 0.385. The van der Waals surface area contributed by atoms with Crippen LogP contribution in [-0.4, -0.2) is 32.8 Å². The predicted octanol–water partition coefficient (Wildman–Crippen LogP) is 1.17. The second-order valence-corrected chi connectivity index (χ2v) is 4.26. The lowest BCUT2D eigenvalue weighted by atomic mass is 10.2. The van der Waals surface area contributed by atoms with Crippen molar-refractivity contribution >= 4 is 11.8 Å². The Hall–Kier alpha value is -2.44. The number of hydrogen-bond acceptors (Lipinski definition) is 6. The zero-order valence-corrected chi connectivity index (χ0v) is 11.8. The summed E-state index contributed by atoms with van der Waals surface area (Å²) in [5, 5.41) is 7.52. The number of ether oxygens (including phenoxy) is 1. The first-order valence-electron chi connectivity index (χ1n) is 6.29. The summed E-state index contributed by atoms with van der Waals surface area (Å²) >= 11 is 0. The summed E-state index contributed by atoms with van der Waals surface area (Å²) in [7, 11) is 3.21. The highest BCUT2D eigenvalue weighted by Gasteiger charge is 2.08. The Kier molecular flexibility index (Phi) is 4.29. The maximum absolute atomic E-state index is 11.2. The van der Waals surface area contributed by atoms with Gasteiger partial charge in [0, 0.05) is 25.4 Å². The first-order valence-corrected chi connectivity index (χ1v) is 6.29. The Bertz CT molecular complexity index is 591. The summed E-state index contributed by atoms with van der Waals surface area (Å²) in [6.45, 7) is 2.68. The van der Waals surface area contributed by atoms with Crippen LogP contribution in [0.3, 0.4) is 0 Å². The standard InChI is InChI=1S/C13H17N5O2/c1-4-10-9(8-18(2)17-10)5-15-12-7-14-11(6-16-12)13(19)20-3/h6-8H,4-5H2,1-3H3,(H,15,16). The van der Waals surface area contributed by atoms with E-state index in [4.69, 9.17) is 0 Å². The number of hydrogen-bond donors (Lipinski definition) is 1. The van der Waals surface area contributed by atoms with Gasteiger partial charge in [0.2, 0.25) is 0 Å². The van der Waals surface area contributed by atoms with Gasteiger partial charge in [0.05, 0.1) is 25.2 Å². The second kappa shape index (κ2) is 6.14. The van der Waals surface area contributed by atoms with E-state index in [1.807, 2.05) is 13.2 Å². The summed E-state index contributed by atoms with van der Waals surface area (Å²) in [4.78, 5) is 19.3. The van der Waals surface area contributed by atoms with E-state index < -0.39 is 5.97 Å². The molecule has 0 aliphatic carbocycles. The predicted molar refractivity (Wildman–Crippen MR) is 73.3 cm³/mol. The second-order valence-electron chi connectivity index (χ2n) is 4.26. The lowest BCUT2D eigenvalue weighted by Crippen LogP contribution is -2.07. The molecule has 1 N–H and O–H groups in total. The van der Waals surface area contributed by atoms with Gasteiger partial charge in [-0.3, -0.25) is 4.68 Å². The Morgan fingerprint density at radius 1 is 1.40 bits per heavy atom. The van der Waals surface area contributed by atoms with E-state index in [1.54, 1.807) is 4.68 Å². The fourth-order valence-electron chi connectivity index (χ4n) is 1.84. The number of aryl methyl sites for hydroxylation is 2. The number of esters is 1. The molecule has 0 saturated carbocycles. The summed E-state index contributed by atoms with van der Waals surface area (Å²) in [6.07, 6.45) is 5.75. The van der Waals surface area contributed by atoms with Crippen molar-refractivity contribution in [2.24, 2.45) is 7.05 Å². The van der Waals surface area contributed by atoms with E-state index in [9.17, 15) is 4.79 Å². The molecule has 2 rings (SSSR count). The van der Waals surface area contributed by atoms with Crippen molar-refractivity contribution in [1.29, 1.82) is 0 Å². The first-order chi connectivity index (χ1) is 9.63. The molecule has 0 amide bonds. The molecule has 0 saturated heterocycles. The SMILES string of the molecule is CCc1nn(C)cc1CNc1cnc(C(=O)OC)cn1. The smallest absolute Gasteiger partial charge is 0.358 e. The van der Waals surface area contributed by atoms with Crippen LogP contribution in [0.25, 0.3) is 0 Å². The largest absolute Gasteiger partial charge is 0.464 e. The number of carbonyl (C=O) groups is 1. The van der Waals surface area contributed by atoms with Gasteiger partial charge in [-0.25, -0.2) is 14.8 Å². The van der Waals surface area contributed by atoms with Gasteiger partial charge in [-0.1, -0.05) is 6.92 Å². The highest BCUT2D eigenvalue weighted by Crippen LogP contribution is 2.10. The monoisotopic (exact) mass is 275 g/mol. The third-order valence-corrected chi connectivity index (χ3v) is 2.83. The molecular weight excluding hydrogens is 258 g/mol. The third-order valence-electron chi connectivity index (χ3n) is 2.83. The van der Waals surface area contributed by atoms with Crippen molar-refractivity contribution in [2.45, 2.75) is 19.9 Å². The van der Waals surface area contributed by atoms with Crippen molar-refractivity contribution in [3.05, 3.63) is 35.5 Å². The zero-order chi connectivity index (χ0) is 14.5. The molecule has 20 heavy (non-hydrogen) atoms. The van der Waals surface area contributed by atoms with Crippen LogP contribution >= 0.6 is 0 Å². The minimum Gasteiger partial charge on any atom is -0.464 e. The van der Waals surface area contributed by atoms with Crippen LogP contribution in [0.5, 0.6) is 0 Å². The molecule has 0 atom stereocenters. The molecule has 2 aromatic rings. The van der Waals surface area contributed by atoms with Crippen LogP contribution in [0, 0.1) is 0 Å². The summed E-state index contributed by atoms with van der Waals surface area (Å²) in [6, 6.07) is 0. The topological polar surface area (TPSA) is 81.9 Å². The Morgan fingerprint density at radius 2 is 2.20 bits per heavy atom. The maximum Gasteiger partial charge on any atom is 0.358 e. The van der Waals surface area contributed by atoms with E-state index in [-0.39, 0.29) is 5.69 Å². The number of aromatic nitrogens is 4. The Morgan fingerprint density at radius 3 is 2.80 bits per heavy atom. The van der Waals surface area contributed by atoms with Crippen molar-refractivity contribution in [3.8, 4) is 0 Å². The molecule has 0 fully saturated rings. The lowest BCUT2D eigenvalue weighted by Gasteiger charge is -2.05. The summed E-state index contributed by atoms with van der Waals surface area (Å²) in [5.41, 5.74) is 2.36. The van der Waals surface area contributed by atoms with E-state index in [0.717, 1.165) is 17.7 Å². The van der Waals surface area contributed by atoms with Crippen molar-refractivity contribution in [1.82, 2.24) is 19.7 Å². The Balaban J connectivity index is 2.02. The molecule has 2 aromatic heterocycles. The third kappa shape index (κ3) is 3.11. The highest BCUT2D eigenvalue weighted by molar-refractivity contribution is 5.86. The summed E-state index contributed by atoms with van der Waals surface area (Å²) in [5.74, 6) is 0.105. The van der Waals surface area contributed by atoms with Crippen molar-refractivity contribution in [2.75, 3.05) is 12.4 Å². The fourth-order valence-corrected chi connectivity index (χ4v) is 1.84. The molecule has 0 spiro atoms. The first kappa shape index (κ1) is 14.0. The molecule has 0 bridgehead atoms. The van der Waals surface area contributed by atoms with Crippen LogP contribution in [0.1, 0.15) is 28.7 Å². The maximum atomic E-state index is 11.2. The molecule has 106 valence electrons. The number of nitrogens with zero attached hydrogens (tertiary/aromatic N) is 4. The van der Waals surface area contributed by atoms with Crippen molar-refractivity contribution < 1.29 is 9.53 Å². The van der Waals surface area contributed by atoms with E-state index in [1.165, 1.54) is 19.5 Å². The molecule has 0 aliphatic rings. The number of nitrogens with one attached hydrogen (secondary N) is 1. The van der Waals surface area contributed by atoms with Crippen LogP contribution in [0.2, 0.25) is 0 Å². The van der Waals surface area contributed by atoms with Crippen LogP contribution in [0.4, 0.5) is 5.82 Å². The average Bonchev–Trinajstić information content (AvgIpc) is 2.85. The molecular formula is C13H17N5O2. The lowest BCUT2D eigenvalue weighted by molar-refractivity contribution is 0.0593. The van der Waals surface area contributed by atoms with Gasteiger partial charge >= 0.3 is 5.97 Å². The van der Waals surface area contributed by atoms with Gasteiger partial charge in [0.1, 0.15) is 5.82 Å². The number of methoxy groups -OCH3 is 1. The van der Waals surface area contributed by atoms with Crippen molar-refractivity contribution in [3.63, 3.8) is 0 Å². The Labute approximate surface area is 117 Å². The quantitative estimate of drug-likeness (QED) is 0.825. The normalized spacial score (nSPS) is 10.3. The molecule has 0 aromatic carbocycles. The minimum atomic E-state index is -0.496. The van der Waals surface area contributed by atoms with E-state index in [0.29, 0.717) is 12.4 Å². The van der Waals surface area contributed by atoms with Gasteiger partial charge in [0.15, 0.2) is 5.69 Å². The van der Waals surface area contributed by atoms with Crippen LogP contribution in [0.15, 0.2) is 18.6 Å². The van der Waals surface area contributed by atoms with E-state index in [2.05, 4.69) is 32.0 Å². The molecule has 2 heterocycles. The molecule has 0 aliphatic heterocycles. The van der Waals surface area contributed by atoms with Gasteiger partial charge in [0.25, 0.3) is 0 Å². The molecule has 7 heteroatoms. The van der Waals surface area contributed by atoms with Gasteiger partial charge < -0.3 is 10.1 Å². The van der Waals surface area contributed by atoms with Crippen LogP contribution < -0.4 is 5.32 Å². The molecule has 0 radical (unpaired) electrons. The van der Waals surface area contributed by atoms with Gasteiger partial charge in [-0.15, -0.1) is 0 Å². The number of rotatable bonds is 5. The molecule has 0 unspecified atom stereocenters. The number of anilines is 1. The molecule has 7 nitrogen and oxygen atoms in total.